The highest BCUT2D eigenvalue weighted by molar-refractivity contribution is 5.38. The molecule has 2 rings (SSSR count). The second-order valence-corrected chi connectivity index (χ2v) is 4.66. The Hall–Kier alpha value is -1.24. The molecule has 1 aliphatic rings. The van der Waals surface area contributed by atoms with Gasteiger partial charge in [0.1, 0.15) is 0 Å². The minimum Gasteiger partial charge on any atom is -0.324 e. The molecule has 0 bridgehead atoms. The summed E-state index contributed by atoms with van der Waals surface area (Å²) < 4.78 is 76.0. The first kappa shape index (κ1) is 14.2. The second-order valence-electron chi connectivity index (χ2n) is 4.66. The number of halogens is 6. The monoisotopic (exact) mass is 283 g/mol. The lowest BCUT2D eigenvalue weighted by Crippen LogP contribution is -2.20. The summed E-state index contributed by atoms with van der Waals surface area (Å²) in [6.45, 7) is 0. The largest absolute Gasteiger partial charge is 0.416 e. The quantitative estimate of drug-likeness (QED) is 0.811. The van der Waals surface area contributed by atoms with E-state index in [1.165, 1.54) is 0 Å². The van der Waals surface area contributed by atoms with Crippen molar-refractivity contribution in [1.82, 2.24) is 0 Å². The fourth-order valence-electron chi connectivity index (χ4n) is 1.98. The van der Waals surface area contributed by atoms with Gasteiger partial charge in [-0.2, -0.15) is 26.3 Å². The molecule has 1 aromatic rings. The van der Waals surface area contributed by atoms with Gasteiger partial charge in [0.15, 0.2) is 0 Å². The van der Waals surface area contributed by atoms with Crippen LogP contribution in [-0.2, 0) is 12.4 Å². The maximum absolute atomic E-state index is 12.8. The van der Waals surface area contributed by atoms with E-state index in [4.69, 9.17) is 5.73 Å². The summed E-state index contributed by atoms with van der Waals surface area (Å²) in [5.74, 6) is -0.162. The lowest BCUT2D eigenvalue weighted by molar-refractivity contribution is -0.142. The Kier molecular flexibility index (Phi) is 3.28. The van der Waals surface area contributed by atoms with Gasteiger partial charge in [-0.05, 0) is 42.5 Å². The average Bonchev–Trinajstić information content (AvgIpc) is 3.08. The van der Waals surface area contributed by atoms with Crippen LogP contribution in [0.3, 0.4) is 0 Å². The zero-order valence-corrected chi connectivity index (χ0v) is 9.65. The number of rotatable bonds is 2. The van der Waals surface area contributed by atoms with Crippen LogP contribution in [-0.4, -0.2) is 0 Å². The molecule has 2 N–H and O–H groups in total. The fraction of sp³-hybridized carbons (Fsp3) is 0.500. The van der Waals surface area contributed by atoms with Gasteiger partial charge in [0.2, 0.25) is 0 Å². The van der Waals surface area contributed by atoms with E-state index in [1.54, 1.807) is 0 Å². The van der Waals surface area contributed by atoms with Crippen molar-refractivity contribution in [3.05, 3.63) is 34.9 Å². The van der Waals surface area contributed by atoms with Crippen molar-refractivity contribution in [2.75, 3.05) is 0 Å². The van der Waals surface area contributed by atoms with Crippen molar-refractivity contribution >= 4 is 0 Å². The van der Waals surface area contributed by atoms with Crippen LogP contribution < -0.4 is 5.73 Å². The number of alkyl halides is 6. The van der Waals surface area contributed by atoms with E-state index in [0.29, 0.717) is 31.0 Å². The molecule has 0 saturated heterocycles. The Labute approximate surface area is 105 Å². The molecule has 1 nitrogen and oxygen atoms in total. The van der Waals surface area contributed by atoms with Gasteiger partial charge >= 0.3 is 12.4 Å². The van der Waals surface area contributed by atoms with Gasteiger partial charge < -0.3 is 5.73 Å². The van der Waals surface area contributed by atoms with E-state index in [0.717, 1.165) is 0 Å². The van der Waals surface area contributed by atoms with Gasteiger partial charge in [0.25, 0.3) is 0 Å². The molecule has 19 heavy (non-hydrogen) atoms. The summed E-state index contributed by atoms with van der Waals surface area (Å²) in [5, 5.41) is 0. The number of nitrogens with two attached hydrogens (primary N) is 1. The van der Waals surface area contributed by atoms with Crippen LogP contribution in [0.25, 0.3) is 0 Å². The maximum Gasteiger partial charge on any atom is 0.416 e. The molecule has 0 aromatic heterocycles. The molecule has 0 radical (unpaired) electrons. The van der Waals surface area contributed by atoms with E-state index in [9.17, 15) is 26.3 Å². The molecule has 1 aromatic carbocycles. The van der Waals surface area contributed by atoms with Gasteiger partial charge in [-0.1, -0.05) is 0 Å². The van der Waals surface area contributed by atoms with E-state index >= 15 is 0 Å². The Morgan fingerprint density at radius 1 is 1.00 bits per heavy atom. The minimum absolute atomic E-state index is 0.162. The average molecular weight is 283 g/mol. The Morgan fingerprint density at radius 3 is 2.00 bits per heavy atom. The predicted octanol–water partition coefficient (Wildman–Crippen LogP) is 4.13. The third kappa shape index (κ3) is 3.02. The Morgan fingerprint density at radius 2 is 1.58 bits per heavy atom. The molecule has 1 aliphatic carbocycles. The summed E-state index contributed by atoms with van der Waals surface area (Å²) in [7, 11) is 0. The molecule has 0 aliphatic heterocycles. The summed E-state index contributed by atoms with van der Waals surface area (Å²) in [6, 6.07) is 0.414. The van der Waals surface area contributed by atoms with E-state index in [2.05, 4.69) is 0 Å². The maximum atomic E-state index is 12.8. The van der Waals surface area contributed by atoms with Crippen molar-refractivity contribution in [3.63, 3.8) is 0 Å². The van der Waals surface area contributed by atoms with E-state index in [-0.39, 0.29) is 5.92 Å². The molecular weight excluding hydrogens is 272 g/mol. The Balaban J connectivity index is 2.50. The molecule has 1 fully saturated rings. The first-order chi connectivity index (χ1) is 8.60. The smallest absolute Gasteiger partial charge is 0.324 e. The van der Waals surface area contributed by atoms with Crippen LogP contribution >= 0.6 is 0 Å². The first-order valence-electron chi connectivity index (χ1n) is 5.64. The summed E-state index contributed by atoms with van der Waals surface area (Å²) in [4.78, 5) is 0. The first-order valence-corrected chi connectivity index (χ1v) is 5.64. The van der Waals surface area contributed by atoms with Crippen LogP contribution in [0, 0.1) is 5.92 Å². The summed E-state index contributed by atoms with van der Waals surface area (Å²) >= 11 is 0. The molecule has 1 atom stereocenters. The third-order valence-electron chi connectivity index (χ3n) is 3.17. The van der Waals surface area contributed by atoms with Crippen molar-refractivity contribution in [2.24, 2.45) is 11.7 Å². The normalized spacial score (nSPS) is 18.5. The summed E-state index contributed by atoms with van der Waals surface area (Å²) in [5.41, 5.74) is 2.99. The van der Waals surface area contributed by atoms with Gasteiger partial charge in [-0.3, -0.25) is 0 Å². The fourth-order valence-corrected chi connectivity index (χ4v) is 1.98. The van der Waals surface area contributed by atoms with Gasteiger partial charge in [0, 0.05) is 6.04 Å². The van der Waals surface area contributed by atoms with Crippen LogP contribution in [0.5, 0.6) is 0 Å². The standard InChI is InChI=1S/C12H11F6N/c13-11(14,15)7-3-4-9(12(16,17)18)8(5-7)10(19)6-1-2-6/h3-6,10H,1-2,19H2/t10-/m0/s1. The second kappa shape index (κ2) is 4.40. The molecule has 1 saturated carbocycles. The lowest BCUT2D eigenvalue weighted by Gasteiger charge is -2.20. The number of benzene rings is 1. The summed E-state index contributed by atoms with van der Waals surface area (Å²) in [6.07, 6.45) is -8.09. The van der Waals surface area contributed by atoms with Crippen molar-refractivity contribution in [2.45, 2.75) is 31.2 Å². The highest BCUT2D eigenvalue weighted by atomic mass is 19.4. The van der Waals surface area contributed by atoms with Crippen molar-refractivity contribution < 1.29 is 26.3 Å². The highest BCUT2D eigenvalue weighted by Crippen LogP contribution is 2.45. The SMILES string of the molecule is N[C@H](c1cc(C(F)(F)F)ccc1C(F)(F)F)C1CC1. The van der Waals surface area contributed by atoms with Crippen LogP contribution in [0.15, 0.2) is 18.2 Å². The lowest BCUT2D eigenvalue weighted by atomic mass is 9.95. The minimum atomic E-state index is -4.70. The zero-order chi connectivity index (χ0) is 14.4. The van der Waals surface area contributed by atoms with Crippen LogP contribution in [0.2, 0.25) is 0 Å². The van der Waals surface area contributed by atoms with E-state index < -0.39 is 35.1 Å². The molecule has 0 amide bonds. The predicted molar refractivity (Wildman–Crippen MR) is 56.1 cm³/mol. The third-order valence-corrected chi connectivity index (χ3v) is 3.17. The Bertz CT molecular complexity index is 472. The van der Waals surface area contributed by atoms with Gasteiger partial charge in [0.05, 0.1) is 11.1 Å². The molecule has 7 heteroatoms. The van der Waals surface area contributed by atoms with E-state index in [1.807, 2.05) is 0 Å². The highest BCUT2D eigenvalue weighted by Gasteiger charge is 2.40. The van der Waals surface area contributed by atoms with Crippen LogP contribution in [0.1, 0.15) is 35.6 Å². The number of hydrogen-bond acceptors (Lipinski definition) is 1. The van der Waals surface area contributed by atoms with Crippen molar-refractivity contribution in [3.8, 4) is 0 Å². The molecule has 0 unspecified atom stereocenters. The molecule has 106 valence electrons. The molecule has 0 spiro atoms. The topological polar surface area (TPSA) is 26.0 Å². The van der Waals surface area contributed by atoms with Crippen LogP contribution in [0.4, 0.5) is 26.3 Å². The van der Waals surface area contributed by atoms with Gasteiger partial charge in [-0.15, -0.1) is 0 Å². The zero-order valence-electron chi connectivity index (χ0n) is 9.65. The molecule has 0 heterocycles. The van der Waals surface area contributed by atoms with Gasteiger partial charge in [-0.25, -0.2) is 0 Å². The number of hydrogen-bond donors (Lipinski definition) is 1. The molecular formula is C12H11F6N. The van der Waals surface area contributed by atoms with Crippen molar-refractivity contribution in [1.29, 1.82) is 0 Å².